The number of hydrogen-bond donors (Lipinski definition) is 0. The number of rotatable bonds is 6. The Hall–Kier alpha value is -0.800. The average Bonchev–Trinajstić information content (AvgIpc) is 2.49. The van der Waals surface area contributed by atoms with Gasteiger partial charge in [-0.2, -0.15) is 0 Å². The van der Waals surface area contributed by atoms with Crippen molar-refractivity contribution in [1.82, 2.24) is 4.90 Å². The second-order valence-corrected chi connectivity index (χ2v) is 5.79. The van der Waals surface area contributed by atoms with E-state index in [1.54, 1.807) is 7.11 Å². The molecule has 1 aliphatic carbocycles. The van der Waals surface area contributed by atoms with Gasteiger partial charge in [0.25, 0.3) is 0 Å². The molecule has 2 nitrogen and oxygen atoms in total. The van der Waals surface area contributed by atoms with Gasteiger partial charge in [-0.15, -0.1) is 11.6 Å². The van der Waals surface area contributed by atoms with Gasteiger partial charge in [-0.3, -0.25) is 4.90 Å². The molecule has 0 radical (unpaired) electrons. The van der Waals surface area contributed by atoms with Crippen molar-refractivity contribution < 1.29 is 9.13 Å². The first-order valence-corrected chi connectivity index (χ1v) is 7.90. The molecule has 2 rings (SSSR count). The van der Waals surface area contributed by atoms with E-state index >= 15 is 0 Å². The molecule has 0 atom stereocenters. The van der Waals surface area contributed by atoms with Crippen LogP contribution in [0.4, 0.5) is 4.39 Å². The molecule has 0 aliphatic heterocycles. The first-order chi connectivity index (χ1) is 9.74. The van der Waals surface area contributed by atoms with Gasteiger partial charge >= 0.3 is 0 Å². The Labute approximate surface area is 125 Å². The Bertz CT molecular complexity index is 421. The fourth-order valence-electron chi connectivity index (χ4n) is 2.95. The van der Waals surface area contributed by atoms with Gasteiger partial charge in [0.05, 0.1) is 7.11 Å². The van der Waals surface area contributed by atoms with Crippen molar-refractivity contribution in [3.8, 4) is 5.75 Å². The Morgan fingerprint density at radius 1 is 1.30 bits per heavy atom. The van der Waals surface area contributed by atoms with Gasteiger partial charge in [-0.1, -0.05) is 25.3 Å². The van der Waals surface area contributed by atoms with E-state index < -0.39 is 0 Å². The Morgan fingerprint density at radius 2 is 2.05 bits per heavy atom. The van der Waals surface area contributed by atoms with E-state index in [9.17, 15) is 4.39 Å². The molecule has 0 amide bonds. The number of halogens is 2. The smallest absolute Gasteiger partial charge is 0.131 e. The van der Waals surface area contributed by atoms with Crippen LogP contribution in [0.3, 0.4) is 0 Å². The maximum Gasteiger partial charge on any atom is 0.131 e. The van der Waals surface area contributed by atoms with E-state index in [1.165, 1.54) is 38.2 Å². The minimum atomic E-state index is -0.195. The van der Waals surface area contributed by atoms with Gasteiger partial charge in [0, 0.05) is 36.6 Å². The van der Waals surface area contributed by atoms with E-state index in [0.29, 0.717) is 24.2 Å². The predicted octanol–water partition coefficient (Wildman–Crippen LogP) is 4.21. The molecule has 0 spiro atoms. The maximum absolute atomic E-state index is 14.1. The van der Waals surface area contributed by atoms with E-state index in [1.807, 2.05) is 12.1 Å². The monoisotopic (exact) mass is 299 g/mol. The number of methoxy groups -OCH3 is 1. The number of nitrogens with zero attached hydrogens (tertiary/aromatic N) is 1. The molecule has 0 aromatic heterocycles. The molecule has 112 valence electrons. The number of hydrogen-bond acceptors (Lipinski definition) is 2. The quantitative estimate of drug-likeness (QED) is 0.730. The second-order valence-electron chi connectivity index (χ2n) is 5.41. The number of ether oxygens (including phenoxy) is 1. The first kappa shape index (κ1) is 15.6. The zero-order valence-electron chi connectivity index (χ0n) is 12.1. The standard InChI is InChI=1S/C16H23ClFNO/c1-20-15-8-7-13(16(18)11-15)12-19(10-9-17)14-5-3-2-4-6-14/h7-8,11,14H,2-6,9-10,12H2,1H3. The topological polar surface area (TPSA) is 12.5 Å². The SMILES string of the molecule is COc1ccc(CN(CCCl)C2CCCCC2)c(F)c1. The van der Waals surface area contributed by atoms with Crippen LogP contribution in [-0.4, -0.2) is 30.5 Å². The summed E-state index contributed by atoms with van der Waals surface area (Å²) in [6.07, 6.45) is 6.27. The lowest BCUT2D eigenvalue weighted by atomic mass is 9.94. The highest BCUT2D eigenvalue weighted by molar-refractivity contribution is 6.18. The third kappa shape index (κ3) is 4.10. The molecule has 0 unspecified atom stereocenters. The van der Waals surface area contributed by atoms with E-state index in [-0.39, 0.29) is 5.82 Å². The Morgan fingerprint density at radius 3 is 2.65 bits per heavy atom. The number of alkyl halides is 1. The number of benzene rings is 1. The second kappa shape index (κ2) is 7.84. The maximum atomic E-state index is 14.1. The molecule has 20 heavy (non-hydrogen) atoms. The molecular weight excluding hydrogens is 277 g/mol. The summed E-state index contributed by atoms with van der Waals surface area (Å²) in [5.74, 6) is 0.960. The summed E-state index contributed by atoms with van der Waals surface area (Å²) in [6, 6.07) is 5.63. The molecule has 0 saturated heterocycles. The van der Waals surface area contributed by atoms with Crippen molar-refractivity contribution in [2.45, 2.75) is 44.7 Å². The van der Waals surface area contributed by atoms with Crippen LogP contribution >= 0.6 is 11.6 Å². The molecule has 0 N–H and O–H groups in total. The largest absolute Gasteiger partial charge is 0.497 e. The summed E-state index contributed by atoms with van der Waals surface area (Å²) >= 11 is 5.91. The van der Waals surface area contributed by atoms with Gasteiger partial charge in [-0.25, -0.2) is 4.39 Å². The molecule has 1 aliphatic rings. The first-order valence-electron chi connectivity index (χ1n) is 7.37. The normalized spacial score (nSPS) is 16.6. The van der Waals surface area contributed by atoms with Gasteiger partial charge in [0.1, 0.15) is 11.6 Å². The van der Waals surface area contributed by atoms with Crippen LogP contribution in [0.5, 0.6) is 5.75 Å². The predicted molar refractivity (Wildman–Crippen MR) is 81.0 cm³/mol. The van der Waals surface area contributed by atoms with Gasteiger partial charge in [0.2, 0.25) is 0 Å². The summed E-state index contributed by atoms with van der Waals surface area (Å²) in [5.41, 5.74) is 0.724. The van der Waals surface area contributed by atoms with Gasteiger partial charge in [-0.05, 0) is 18.9 Å². The van der Waals surface area contributed by atoms with E-state index in [0.717, 1.165) is 12.1 Å². The third-order valence-electron chi connectivity index (χ3n) is 4.10. The summed E-state index contributed by atoms with van der Waals surface area (Å²) in [7, 11) is 1.55. The minimum Gasteiger partial charge on any atom is -0.497 e. The summed E-state index contributed by atoms with van der Waals surface area (Å²) in [5, 5.41) is 0. The molecule has 0 heterocycles. The van der Waals surface area contributed by atoms with E-state index in [2.05, 4.69) is 4.90 Å². The highest BCUT2D eigenvalue weighted by atomic mass is 35.5. The van der Waals surface area contributed by atoms with Crippen LogP contribution in [-0.2, 0) is 6.54 Å². The highest BCUT2D eigenvalue weighted by Gasteiger charge is 2.21. The van der Waals surface area contributed by atoms with Gasteiger partial charge < -0.3 is 4.74 Å². The van der Waals surface area contributed by atoms with Crippen molar-refractivity contribution in [3.05, 3.63) is 29.6 Å². The summed E-state index contributed by atoms with van der Waals surface area (Å²) in [6.45, 7) is 1.45. The lowest BCUT2D eigenvalue weighted by Gasteiger charge is -2.34. The summed E-state index contributed by atoms with van der Waals surface area (Å²) in [4.78, 5) is 2.33. The zero-order chi connectivity index (χ0) is 14.4. The van der Waals surface area contributed by atoms with Gasteiger partial charge in [0.15, 0.2) is 0 Å². The van der Waals surface area contributed by atoms with Crippen LogP contribution in [0.15, 0.2) is 18.2 Å². The Kier molecular flexibility index (Phi) is 6.11. The van der Waals surface area contributed by atoms with Crippen molar-refractivity contribution in [3.63, 3.8) is 0 Å². The molecule has 4 heteroatoms. The third-order valence-corrected chi connectivity index (χ3v) is 4.27. The molecule has 1 saturated carbocycles. The van der Waals surface area contributed by atoms with Crippen molar-refractivity contribution in [1.29, 1.82) is 0 Å². The lowest BCUT2D eigenvalue weighted by molar-refractivity contribution is 0.155. The molecule has 1 aromatic carbocycles. The fraction of sp³-hybridized carbons (Fsp3) is 0.625. The van der Waals surface area contributed by atoms with Crippen LogP contribution in [0, 0.1) is 5.82 Å². The van der Waals surface area contributed by atoms with Crippen LogP contribution in [0.1, 0.15) is 37.7 Å². The van der Waals surface area contributed by atoms with Crippen molar-refractivity contribution in [2.24, 2.45) is 0 Å². The van der Waals surface area contributed by atoms with Crippen LogP contribution in [0.2, 0.25) is 0 Å². The summed E-state index contributed by atoms with van der Waals surface area (Å²) < 4.78 is 19.1. The Balaban J connectivity index is 2.06. The lowest BCUT2D eigenvalue weighted by Crippen LogP contribution is -2.37. The molecule has 1 fully saturated rings. The highest BCUT2D eigenvalue weighted by Crippen LogP contribution is 2.25. The van der Waals surface area contributed by atoms with Crippen LogP contribution in [0.25, 0.3) is 0 Å². The fourth-order valence-corrected chi connectivity index (χ4v) is 3.16. The zero-order valence-corrected chi connectivity index (χ0v) is 12.8. The van der Waals surface area contributed by atoms with Crippen molar-refractivity contribution >= 4 is 11.6 Å². The molecular formula is C16H23ClFNO. The molecule has 0 bridgehead atoms. The van der Waals surface area contributed by atoms with Crippen molar-refractivity contribution in [2.75, 3.05) is 19.5 Å². The molecule has 1 aromatic rings. The average molecular weight is 300 g/mol. The van der Waals surface area contributed by atoms with E-state index in [4.69, 9.17) is 16.3 Å². The minimum absolute atomic E-state index is 0.195. The van der Waals surface area contributed by atoms with Crippen LogP contribution < -0.4 is 4.74 Å².